The zero-order chi connectivity index (χ0) is 11.1. The van der Waals surface area contributed by atoms with Crippen molar-refractivity contribution < 1.29 is 0 Å². The second-order valence-corrected chi connectivity index (χ2v) is 4.77. The Morgan fingerprint density at radius 3 is 2.47 bits per heavy atom. The minimum Gasteiger partial charge on any atom is -0.302 e. The summed E-state index contributed by atoms with van der Waals surface area (Å²) in [7, 11) is 0. The maximum Gasteiger partial charge on any atom is 0.0755 e. The van der Waals surface area contributed by atoms with Crippen molar-refractivity contribution >= 4 is 5.69 Å². The molecule has 1 aliphatic heterocycles. The SMILES string of the molecule is CC1=CC(C)(C)N(c2cccc(C)c2)N1. The number of rotatable bonds is 1. The van der Waals surface area contributed by atoms with Crippen LogP contribution in [0.2, 0.25) is 0 Å². The molecular weight excluding hydrogens is 184 g/mol. The highest BCUT2D eigenvalue weighted by Gasteiger charge is 2.30. The first-order valence-electron chi connectivity index (χ1n) is 5.32. The molecule has 0 atom stereocenters. The summed E-state index contributed by atoms with van der Waals surface area (Å²) in [6.07, 6.45) is 2.25. The molecule has 2 nitrogen and oxygen atoms in total. The van der Waals surface area contributed by atoms with Crippen LogP contribution in [0, 0.1) is 6.92 Å². The number of hydrogen-bond acceptors (Lipinski definition) is 2. The summed E-state index contributed by atoms with van der Waals surface area (Å²) in [5, 5.41) is 2.20. The molecule has 1 aromatic rings. The van der Waals surface area contributed by atoms with Gasteiger partial charge in [-0.2, -0.15) is 0 Å². The van der Waals surface area contributed by atoms with Crippen molar-refractivity contribution in [2.24, 2.45) is 0 Å². The molecule has 0 amide bonds. The Morgan fingerprint density at radius 2 is 1.93 bits per heavy atom. The van der Waals surface area contributed by atoms with E-state index in [1.165, 1.54) is 16.9 Å². The molecule has 1 heterocycles. The van der Waals surface area contributed by atoms with Crippen molar-refractivity contribution in [3.05, 3.63) is 41.6 Å². The Labute approximate surface area is 91.6 Å². The van der Waals surface area contributed by atoms with Gasteiger partial charge in [0.05, 0.1) is 11.2 Å². The molecule has 1 aromatic carbocycles. The zero-order valence-electron chi connectivity index (χ0n) is 9.83. The molecule has 0 spiro atoms. The predicted molar refractivity (Wildman–Crippen MR) is 64.6 cm³/mol. The van der Waals surface area contributed by atoms with Crippen LogP contribution < -0.4 is 10.4 Å². The van der Waals surface area contributed by atoms with E-state index in [9.17, 15) is 0 Å². The lowest BCUT2D eigenvalue weighted by atomic mass is 10.0. The maximum atomic E-state index is 3.38. The summed E-state index contributed by atoms with van der Waals surface area (Å²) in [6, 6.07) is 8.54. The van der Waals surface area contributed by atoms with Gasteiger partial charge in [0.1, 0.15) is 0 Å². The third kappa shape index (κ3) is 1.84. The molecule has 0 radical (unpaired) electrons. The fraction of sp³-hybridized carbons (Fsp3) is 0.385. The van der Waals surface area contributed by atoms with Crippen molar-refractivity contribution in [1.29, 1.82) is 0 Å². The van der Waals surface area contributed by atoms with E-state index in [4.69, 9.17) is 0 Å². The van der Waals surface area contributed by atoms with E-state index in [-0.39, 0.29) is 5.54 Å². The summed E-state index contributed by atoms with van der Waals surface area (Å²) < 4.78 is 0. The summed E-state index contributed by atoms with van der Waals surface area (Å²) in [5.41, 5.74) is 7.13. The molecule has 15 heavy (non-hydrogen) atoms. The van der Waals surface area contributed by atoms with Gasteiger partial charge in [-0.05, 0) is 51.5 Å². The van der Waals surface area contributed by atoms with Crippen LogP contribution in [0.15, 0.2) is 36.0 Å². The van der Waals surface area contributed by atoms with Crippen LogP contribution in [0.3, 0.4) is 0 Å². The van der Waals surface area contributed by atoms with Gasteiger partial charge in [-0.25, -0.2) is 0 Å². The quantitative estimate of drug-likeness (QED) is 0.753. The Balaban J connectivity index is 2.34. The molecule has 1 aliphatic rings. The van der Waals surface area contributed by atoms with Crippen molar-refractivity contribution in [3.8, 4) is 0 Å². The van der Waals surface area contributed by atoms with Crippen molar-refractivity contribution in [2.75, 3.05) is 5.01 Å². The molecular formula is C13H18N2. The molecule has 0 saturated carbocycles. The number of anilines is 1. The largest absolute Gasteiger partial charge is 0.302 e. The number of hydrazine groups is 1. The van der Waals surface area contributed by atoms with Crippen LogP contribution in [-0.2, 0) is 0 Å². The minimum atomic E-state index is 0.0396. The third-order valence-electron chi connectivity index (χ3n) is 2.69. The molecule has 1 N–H and O–H groups in total. The fourth-order valence-electron chi connectivity index (χ4n) is 2.11. The van der Waals surface area contributed by atoms with E-state index in [1.807, 2.05) is 0 Å². The molecule has 2 heteroatoms. The lowest BCUT2D eigenvalue weighted by Gasteiger charge is -2.33. The first-order valence-corrected chi connectivity index (χ1v) is 5.32. The Bertz CT molecular complexity index is 405. The van der Waals surface area contributed by atoms with Crippen molar-refractivity contribution in [3.63, 3.8) is 0 Å². The Hall–Kier alpha value is -1.44. The number of nitrogens with zero attached hydrogens (tertiary/aromatic N) is 1. The van der Waals surface area contributed by atoms with Gasteiger partial charge >= 0.3 is 0 Å². The molecule has 80 valence electrons. The number of hydrogen-bond donors (Lipinski definition) is 1. The van der Waals surface area contributed by atoms with Crippen LogP contribution in [0.25, 0.3) is 0 Å². The number of nitrogens with one attached hydrogen (secondary N) is 1. The first kappa shape index (κ1) is 10.1. The summed E-state index contributed by atoms with van der Waals surface area (Å²) in [6.45, 7) is 8.63. The standard InChI is InChI=1S/C13H18N2/c1-10-6-5-7-12(8-10)15-13(3,4)9-11(2)14-15/h5-9,14H,1-4H3. The second kappa shape index (κ2) is 3.30. The van der Waals surface area contributed by atoms with Gasteiger partial charge < -0.3 is 5.43 Å². The van der Waals surface area contributed by atoms with Crippen LogP contribution >= 0.6 is 0 Å². The van der Waals surface area contributed by atoms with Gasteiger partial charge in [-0.3, -0.25) is 5.01 Å². The summed E-state index contributed by atoms with van der Waals surface area (Å²) >= 11 is 0. The lowest BCUT2D eigenvalue weighted by Crippen LogP contribution is -2.45. The second-order valence-electron chi connectivity index (χ2n) is 4.77. The van der Waals surface area contributed by atoms with Crippen LogP contribution in [0.1, 0.15) is 26.3 Å². The zero-order valence-corrected chi connectivity index (χ0v) is 9.83. The van der Waals surface area contributed by atoms with E-state index >= 15 is 0 Å². The van der Waals surface area contributed by atoms with E-state index in [1.54, 1.807) is 0 Å². The van der Waals surface area contributed by atoms with Gasteiger partial charge in [0.15, 0.2) is 0 Å². The van der Waals surface area contributed by atoms with E-state index in [2.05, 4.69) is 68.5 Å². The molecule has 0 aromatic heterocycles. The highest BCUT2D eigenvalue weighted by molar-refractivity contribution is 5.53. The van der Waals surface area contributed by atoms with Crippen LogP contribution in [0.5, 0.6) is 0 Å². The van der Waals surface area contributed by atoms with E-state index in [0.717, 1.165) is 0 Å². The molecule has 0 aliphatic carbocycles. The van der Waals surface area contributed by atoms with Gasteiger partial charge in [-0.1, -0.05) is 12.1 Å². The van der Waals surface area contributed by atoms with Crippen LogP contribution in [0.4, 0.5) is 5.69 Å². The number of allylic oxidation sites excluding steroid dienone is 1. The molecule has 0 saturated heterocycles. The Morgan fingerprint density at radius 1 is 1.20 bits per heavy atom. The van der Waals surface area contributed by atoms with Crippen LogP contribution in [-0.4, -0.2) is 5.54 Å². The van der Waals surface area contributed by atoms with Crippen molar-refractivity contribution in [2.45, 2.75) is 33.2 Å². The lowest BCUT2D eigenvalue weighted by molar-refractivity contribution is 0.559. The van der Waals surface area contributed by atoms with Gasteiger partial charge in [-0.15, -0.1) is 0 Å². The van der Waals surface area contributed by atoms with Gasteiger partial charge in [0, 0.05) is 5.70 Å². The molecule has 0 bridgehead atoms. The predicted octanol–water partition coefficient (Wildman–Crippen LogP) is 3.00. The van der Waals surface area contributed by atoms with Gasteiger partial charge in [0.2, 0.25) is 0 Å². The maximum absolute atomic E-state index is 3.38. The summed E-state index contributed by atoms with van der Waals surface area (Å²) in [4.78, 5) is 0. The smallest absolute Gasteiger partial charge is 0.0755 e. The molecule has 2 rings (SSSR count). The highest BCUT2D eigenvalue weighted by atomic mass is 15.6. The average molecular weight is 202 g/mol. The van der Waals surface area contributed by atoms with Gasteiger partial charge in [0.25, 0.3) is 0 Å². The highest BCUT2D eigenvalue weighted by Crippen LogP contribution is 2.29. The monoisotopic (exact) mass is 202 g/mol. The fourth-order valence-corrected chi connectivity index (χ4v) is 2.11. The normalized spacial score (nSPS) is 18.7. The summed E-state index contributed by atoms with van der Waals surface area (Å²) in [5.74, 6) is 0. The topological polar surface area (TPSA) is 15.3 Å². The first-order chi connectivity index (χ1) is 6.99. The molecule has 0 fully saturated rings. The molecule has 0 unspecified atom stereocenters. The third-order valence-corrected chi connectivity index (χ3v) is 2.69. The van der Waals surface area contributed by atoms with Crippen molar-refractivity contribution in [1.82, 2.24) is 5.43 Å². The average Bonchev–Trinajstić information content (AvgIpc) is 2.39. The number of aryl methyl sites for hydroxylation is 1. The van der Waals surface area contributed by atoms with E-state index in [0.29, 0.717) is 0 Å². The Kier molecular flexibility index (Phi) is 2.22. The number of benzene rings is 1. The van der Waals surface area contributed by atoms with E-state index < -0.39 is 0 Å². The minimum absolute atomic E-state index is 0.0396.